The summed E-state index contributed by atoms with van der Waals surface area (Å²) in [4.78, 5) is 28.1. The van der Waals surface area contributed by atoms with Gasteiger partial charge >= 0.3 is 6.18 Å². The Morgan fingerprint density at radius 1 is 1.26 bits per heavy atom. The first kappa shape index (κ1) is 23.0. The van der Waals surface area contributed by atoms with Crippen LogP contribution >= 0.6 is 0 Å². The molecule has 1 saturated carbocycles. The van der Waals surface area contributed by atoms with Crippen molar-refractivity contribution in [1.82, 2.24) is 30.4 Å². The van der Waals surface area contributed by atoms with E-state index in [1.807, 2.05) is 6.92 Å². The number of carbonyl (C=O) groups excluding carboxylic acids is 1. The number of nitrogens with one attached hydrogen (secondary N) is 3. The summed E-state index contributed by atoms with van der Waals surface area (Å²) in [7, 11) is 0. The zero-order chi connectivity index (χ0) is 22.3. The Labute approximate surface area is 179 Å². The molecule has 172 valence electrons. The summed E-state index contributed by atoms with van der Waals surface area (Å²) in [5.41, 5.74) is -0.981. The molecule has 2 fully saturated rings. The zero-order valence-corrected chi connectivity index (χ0v) is 17.6. The van der Waals surface area contributed by atoms with Crippen molar-refractivity contribution in [2.24, 2.45) is 4.99 Å². The maximum atomic E-state index is 12.7. The van der Waals surface area contributed by atoms with Gasteiger partial charge in [-0.3, -0.25) is 14.7 Å². The second-order valence-corrected chi connectivity index (χ2v) is 7.53. The molecular weight excluding hydrogens is 413 g/mol. The molecule has 0 aromatic carbocycles. The van der Waals surface area contributed by atoms with Crippen molar-refractivity contribution in [3.8, 4) is 0 Å². The van der Waals surface area contributed by atoms with Gasteiger partial charge in [-0.05, 0) is 25.8 Å². The molecule has 0 bridgehead atoms. The molecule has 1 aliphatic carbocycles. The summed E-state index contributed by atoms with van der Waals surface area (Å²) in [6.45, 7) is 6.76. The van der Waals surface area contributed by atoms with E-state index in [0.717, 1.165) is 57.2 Å². The third-order valence-corrected chi connectivity index (χ3v) is 4.92. The minimum absolute atomic E-state index is 0.0758. The van der Waals surface area contributed by atoms with Gasteiger partial charge in [0, 0.05) is 51.5 Å². The van der Waals surface area contributed by atoms with E-state index in [1.54, 1.807) is 0 Å². The number of amides is 1. The number of halogens is 3. The first-order valence-corrected chi connectivity index (χ1v) is 10.5. The van der Waals surface area contributed by atoms with E-state index in [4.69, 9.17) is 0 Å². The van der Waals surface area contributed by atoms with Crippen LogP contribution in [0.4, 0.5) is 19.1 Å². The largest absolute Gasteiger partial charge is 0.433 e. The van der Waals surface area contributed by atoms with Crippen LogP contribution in [-0.2, 0) is 11.0 Å². The van der Waals surface area contributed by atoms with Gasteiger partial charge in [0.2, 0.25) is 11.9 Å². The van der Waals surface area contributed by atoms with E-state index in [0.29, 0.717) is 32.2 Å². The van der Waals surface area contributed by atoms with E-state index in [-0.39, 0.29) is 11.9 Å². The number of aromatic nitrogens is 2. The van der Waals surface area contributed by atoms with E-state index < -0.39 is 11.9 Å². The summed E-state index contributed by atoms with van der Waals surface area (Å²) < 4.78 is 38.2. The van der Waals surface area contributed by atoms with Crippen LogP contribution in [-0.4, -0.2) is 90.0 Å². The normalized spacial score (nSPS) is 18.1. The summed E-state index contributed by atoms with van der Waals surface area (Å²) in [6, 6.07) is 1.21. The monoisotopic (exact) mass is 442 g/mol. The van der Waals surface area contributed by atoms with Crippen molar-refractivity contribution in [3.63, 3.8) is 0 Å². The molecule has 0 spiro atoms. The average Bonchev–Trinajstić information content (AvgIpc) is 3.54. The van der Waals surface area contributed by atoms with E-state index in [2.05, 4.69) is 40.7 Å². The topological polar surface area (TPSA) is 97.8 Å². The van der Waals surface area contributed by atoms with E-state index in [9.17, 15) is 18.0 Å². The number of rotatable bonds is 8. The molecule has 0 radical (unpaired) electrons. The van der Waals surface area contributed by atoms with Crippen LogP contribution in [0.5, 0.6) is 0 Å². The Kier molecular flexibility index (Phi) is 7.88. The van der Waals surface area contributed by atoms with E-state index >= 15 is 0 Å². The van der Waals surface area contributed by atoms with E-state index in [1.165, 1.54) is 0 Å². The molecule has 1 aliphatic heterocycles. The van der Waals surface area contributed by atoms with Crippen LogP contribution in [0.15, 0.2) is 17.3 Å². The molecule has 31 heavy (non-hydrogen) atoms. The van der Waals surface area contributed by atoms with Crippen LogP contribution in [0, 0.1) is 0 Å². The van der Waals surface area contributed by atoms with Gasteiger partial charge in [-0.25, -0.2) is 9.97 Å². The minimum atomic E-state index is -4.50. The van der Waals surface area contributed by atoms with Crippen LogP contribution in [0.1, 0.15) is 25.5 Å². The number of piperazine rings is 1. The van der Waals surface area contributed by atoms with Crippen LogP contribution in [0.3, 0.4) is 0 Å². The lowest BCUT2D eigenvalue weighted by Crippen LogP contribution is -2.54. The standard InChI is InChI=1S/C19H29F3N8O/c1-2-23-18(26-8-7-25-17-24-6-5-15(28-17)19(20,21)22)30-11-9-29(10-12-30)13-16(31)27-14-3-4-14/h5-6,14H,2-4,7-13H2,1H3,(H,23,26)(H,27,31)(H,24,25,28). The number of alkyl halides is 3. The lowest BCUT2D eigenvalue weighted by molar-refractivity contribution is -0.141. The molecule has 1 aromatic heterocycles. The number of anilines is 1. The van der Waals surface area contributed by atoms with Crippen LogP contribution < -0.4 is 16.0 Å². The first-order chi connectivity index (χ1) is 14.8. The van der Waals surface area contributed by atoms with Crippen LogP contribution in [0.25, 0.3) is 0 Å². The summed E-state index contributed by atoms with van der Waals surface area (Å²) in [6.07, 6.45) is -1.26. The van der Waals surface area contributed by atoms with Crippen LogP contribution in [0.2, 0.25) is 0 Å². The Balaban J connectivity index is 1.44. The second-order valence-electron chi connectivity index (χ2n) is 7.53. The maximum absolute atomic E-state index is 12.7. The molecule has 3 N–H and O–H groups in total. The van der Waals surface area contributed by atoms with Gasteiger partial charge in [-0.2, -0.15) is 13.2 Å². The van der Waals surface area contributed by atoms with Crippen molar-refractivity contribution in [1.29, 1.82) is 0 Å². The minimum Gasteiger partial charge on any atom is -0.357 e. The van der Waals surface area contributed by atoms with Crippen molar-refractivity contribution < 1.29 is 18.0 Å². The second kappa shape index (κ2) is 10.6. The number of hydrogen-bond donors (Lipinski definition) is 3. The van der Waals surface area contributed by atoms with Crippen molar-refractivity contribution in [2.75, 3.05) is 57.7 Å². The Hall–Kier alpha value is -2.63. The maximum Gasteiger partial charge on any atom is 0.433 e. The van der Waals surface area contributed by atoms with Gasteiger partial charge in [0.25, 0.3) is 0 Å². The Morgan fingerprint density at radius 3 is 2.65 bits per heavy atom. The fourth-order valence-electron chi connectivity index (χ4n) is 3.18. The molecule has 1 saturated heterocycles. The number of nitrogens with zero attached hydrogens (tertiary/aromatic N) is 5. The van der Waals surface area contributed by atoms with Gasteiger partial charge in [-0.15, -0.1) is 0 Å². The van der Waals surface area contributed by atoms with Gasteiger partial charge in [-0.1, -0.05) is 0 Å². The highest BCUT2D eigenvalue weighted by atomic mass is 19.4. The van der Waals surface area contributed by atoms with Gasteiger partial charge in [0.15, 0.2) is 5.96 Å². The number of hydrogen-bond acceptors (Lipinski definition) is 6. The summed E-state index contributed by atoms with van der Waals surface area (Å²) in [5, 5.41) is 9.02. The molecule has 3 rings (SSSR count). The summed E-state index contributed by atoms with van der Waals surface area (Å²) >= 11 is 0. The molecule has 2 aliphatic rings. The molecular formula is C19H29F3N8O. The molecule has 1 aromatic rings. The number of aliphatic imine (C=N–C) groups is 1. The SMILES string of the molecule is CCNC(=NCCNc1nccc(C(F)(F)F)n1)N1CCN(CC(=O)NC2CC2)CC1. The fourth-order valence-corrected chi connectivity index (χ4v) is 3.18. The molecule has 0 atom stereocenters. The highest BCUT2D eigenvalue weighted by Crippen LogP contribution is 2.27. The van der Waals surface area contributed by atoms with Crippen molar-refractivity contribution in [2.45, 2.75) is 32.0 Å². The molecule has 12 heteroatoms. The molecule has 1 amide bonds. The fraction of sp³-hybridized carbons (Fsp3) is 0.684. The van der Waals surface area contributed by atoms with Crippen molar-refractivity contribution in [3.05, 3.63) is 18.0 Å². The van der Waals surface area contributed by atoms with Gasteiger partial charge in [0.1, 0.15) is 5.69 Å². The molecule has 2 heterocycles. The smallest absolute Gasteiger partial charge is 0.357 e. The predicted molar refractivity (Wildman–Crippen MR) is 111 cm³/mol. The number of carbonyl (C=O) groups is 1. The lowest BCUT2D eigenvalue weighted by Gasteiger charge is -2.36. The van der Waals surface area contributed by atoms with Crippen molar-refractivity contribution >= 4 is 17.8 Å². The highest BCUT2D eigenvalue weighted by molar-refractivity contribution is 5.80. The zero-order valence-electron chi connectivity index (χ0n) is 17.6. The predicted octanol–water partition coefficient (Wildman–Crippen LogP) is 0.769. The number of guanidine groups is 1. The summed E-state index contributed by atoms with van der Waals surface area (Å²) in [5.74, 6) is 0.754. The Morgan fingerprint density at radius 2 is 2.00 bits per heavy atom. The van der Waals surface area contributed by atoms with Gasteiger partial charge in [0.05, 0.1) is 13.1 Å². The molecule has 9 nitrogen and oxygen atoms in total. The lowest BCUT2D eigenvalue weighted by atomic mass is 10.3. The average molecular weight is 442 g/mol. The Bertz CT molecular complexity index is 761. The third kappa shape index (κ3) is 7.53. The highest BCUT2D eigenvalue weighted by Gasteiger charge is 2.32. The first-order valence-electron chi connectivity index (χ1n) is 10.5. The quantitative estimate of drug-likeness (QED) is 0.311. The third-order valence-electron chi connectivity index (χ3n) is 4.92. The molecule has 0 unspecified atom stereocenters. The van der Waals surface area contributed by atoms with Gasteiger partial charge < -0.3 is 20.9 Å².